The molecule has 0 bridgehead atoms. The van der Waals surface area contributed by atoms with E-state index in [2.05, 4.69) is 0 Å². The van der Waals surface area contributed by atoms with Gasteiger partial charge in [0.1, 0.15) is 34.0 Å². The molecule has 0 spiro atoms. The Kier molecular flexibility index (Phi) is 5.41. The molecule has 0 aliphatic rings. The zero-order valence-electron chi connectivity index (χ0n) is 13.9. The summed E-state index contributed by atoms with van der Waals surface area (Å²) in [5.41, 5.74) is 2.15. The first-order chi connectivity index (χ1) is 11.8. The molecule has 5 heteroatoms. The van der Waals surface area contributed by atoms with Crippen molar-refractivity contribution in [3.05, 3.63) is 63.8 Å². The van der Waals surface area contributed by atoms with Gasteiger partial charge in [-0.2, -0.15) is 0 Å². The van der Waals surface area contributed by atoms with E-state index in [-0.39, 0.29) is 35.6 Å². The average molecular weight is 354 g/mol. The Balaban J connectivity index is 0.00000243. The van der Waals surface area contributed by atoms with Crippen LogP contribution in [0.2, 0.25) is 0 Å². The van der Waals surface area contributed by atoms with Gasteiger partial charge >= 0.3 is 0 Å². The van der Waals surface area contributed by atoms with Gasteiger partial charge in [-0.15, -0.1) is 0 Å². The Morgan fingerprint density at radius 1 is 1.04 bits per heavy atom. The SMILES string of the molecule is C.CC(C)=CCc1cc(-c2cc(=O)c3c(O)cc(O)cc3o2)ccc1O. The third-order valence-electron chi connectivity index (χ3n) is 3.89. The fourth-order valence-corrected chi connectivity index (χ4v) is 2.61. The quantitative estimate of drug-likeness (QED) is 0.592. The standard InChI is InChI=1S/C20H18O5.CH4/c1-11(2)3-4-12-7-13(5-6-15(12)22)18-10-17(24)20-16(23)8-14(21)9-19(20)25-18;/h3,5-10,21-23H,4H2,1-2H3;1H4. The molecule has 3 aromatic rings. The maximum Gasteiger partial charge on any atom is 0.197 e. The highest BCUT2D eigenvalue weighted by atomic mass is 16.3. The minimum Gasteiger partial charge on any atom is -0.508 e. The second kappa shape index (κ2) is 7.35. The van der Waals surface area contributed by atoms with E-state index >= 15 is 0 Å². The number of fused-ring (bicyclic) bond motifs is 1. The van der Waals surface area contributed by atoms with Gasteiger partial charge in [0.15, 0.2) is 5.43 Å². The molecule has 0 fully saturated rings. The van der Waals surface area contributed by atoms with Crippen molar-refractivity contribution in [1.82, 2.24) is 0 Å². The van der Waals surface area contributed by atoms with E-state index in [0.717, 1.165) is 11.6 Å². The van der Waals surface area contributed by atoms with Crippen LogP contribution in [0, 0.1) is 0 Å². The second-order valence-electron chi connectivity index (χ2n) is 6.14. The summed E-state index contributed by atoms with van der Waals surface area (Å²) in [5.74, 6) is -0.0638. The topological polar surface area (TPSA) is 90.9 Å². The molecule has 0 saturated heterocycles. The molecule has 5 nitrogen and oxygen atoms in total. The molecule has 3 rings (SSSR count). The fraction of sp³-hybridized carbons (Fsp3) is 0.190. The Labute approximate surface area is 151 Å². The van der Waals surface area contributed by atoms with E-state index in [9.17, 15) is 20.1 Å². The van der Waals surface area contributed by atoms with Crippen LogP contribution in [0.3, 0.4) is 0 Å². The van der Waals surface area contributed by atoms with Crippen molar-refractivity contribution in [2.75, 3.05) is 0 Å². The first-order valence-corrected chi connectivity index (χ1v) is 7.80. The molecule has 26 heavy (non-hydrogen) atoms. The van der Waals surface area contributed by atoms with Crippen LogP contribution in [0.1, 0.15) is 26.8 Å². The number of phenols is 3. The van der Waals surface area contributed by atoms with E-state index in [1.807, 2.05) is 19.9 Å². The van der Waals surface area contributed by atoms with Crippen molar-refractivity contribution in [1.29, 1.82) is 0 Å². The summed E-state index contributed by atoms with van der Waals surface area (Å²) in [6, 6.07) is 8.61. The molecule has 0 atom stereocenters. The monoisotopic (exact) mass is 354 g/mol. The molecule has 2 aromatic carbocycles. The van der Waals surface area contributed by atoms with Crippen LogP contribution in [-0.2, 0) is 6.42 Å². The maximum absolute atomic E-state index is 12.3. The highest BCUT2D eigenvalue weighted by molar-refractivity contribution is 5.86. The number of allylic oxidation sites excluding steroid dienone is 2. The van der Waals surface area contributed by atoms with Gasteiger partial charge < -0.3 is 19.7 Å². The fourth-order valence-electron chi connectivity index (χ4n) is 2.61. The van der Waals surface area contributed by atoms with Crippen LogP contribution in [0.4, 0.5) is 0 Å². The van der Waals surface area contributed by atoms with E-state index in [1.165, 1.54) is 12.1 Å². The normalized spacial score (nSPS) is 10.4. The summed E-state index contributed by atoms with van der Waals surface area (Å²) in [4.78, 5) is 12.3. The smallest absolute Gasteiger partial charge is 0.197 e. The molecule has 3 N–H and O–H groups in total. The average Bonchev–Trinajstić information content (AvgIpc) is 2.52. The summed E-state index contributed by atoms with van der Waals surface area (Å²) < 4.78 is 5.69. The number of phenolic OH excluding ortho intramolecular Hbond substituents is 3. The lowest BCUT2D eigenvalue weighted by atomic mass is 10.0. The molecule has 136 valence electrons. The van der Waals surface area contributed by atoms with Crippen LogP contribution in [0.25, 0.3) is 22.3 Å². The summed E-state index contributed by atoms with van der Waals surface area (Å²) in [6.07, 6.45) is 2.55. The Morgan fingerprint density at radius 3 is 2.46 bits per heavy atom. The molecule has 0 aliphatic carbocycles. The Hall–Kier alpha value is -3.21. The zero-order valence-corrected chi connectivity index (χ0v) is 13.9. The minimum absolute atomic E-state index is 0. The molecule has 1 aromatic heterocycles. The van der Waals surface area contributed by atoms with Crippen LogP contribution in [-0.4, -0.2) is 15.3 Å². The zero-order chi connectivity index (χ0) is 18.1. The first-order valence-electron chi connectivity index (χ1n) is 7.80. The predicted molar refractivity (Wildman–Crippen MR) is 103 cm³/mol. The molecular weight excluding hydrogens is 332 g/mol. The van der Waals surface area contributed by atoms with E-state index < -0.39 is 5.43 Å². The van der Waals surface area contributed by atoms with Crippen molar-refractivity contribution >= 4 is 11.0 Å². The summed E-state index contributed by atoms with van der Waals surface area (Å²) in [7, 11) is 0. The lowest BCUT2D eigenvalue weighted by molar-refractivity contribution is 0.452. The third kappa shape index (κ3) is 3.72. The minimum atomic E-state index is -0.410. The summed E-state index contributed by atoms with van der Waals surface area (Å²) in [5, 5.41) is 29.5. The molecular formula is C21H22O5. The number of rotatable bonds is 3. The first kappa shape index (κ1) is 19.1. The van der Waals surface area contributed by atoms with Crippen molar-refractivity contribution in [2.24, 2.45) is 0 Å². The van der Waals surface area contributed by atoms with Gasteiger partial charge in [-0.3, -0.25) is 4.79 Å². The second-order valence-corrected chi connectivity index (χ2v) is 6.14. The van der Waals surface area contributed by atoms with Crippen molar-refractivity contribution < 1.29 is 19.7 Å². The van der Waals surface area contributed by atoms with Gasteiger partial charge in [-0.1, -0.05) is 19.1 Å². The molecule has 0 amide bonds. The highest BCUT2D eigenvalue weighted by Crippen LogP contribution is 2.32. The summed E-state index contributed by atoms with van der Waals surface area (Å²) >= 11 is 0. The van der Waals surface area contributed by atoms with Gasteiger partial charge in [0.2, 0.25) is 0 Å². The van der Waals surface area contributed by atoms with Crippen LogP contribution in [0.15, 0.2) is 57.3 Å². The molecule has 0 radical (unpaired) electrons. The molecule has 1 heterocycles. The molecule has 0 saturated carbocycles. The van der Waals surface area contributed by atoms with Gasteiger partial charge in [-0.25, -0.2) is 0 Å². The van der Waals surface area contributed by atoms with E-state index in [4.69, 9.17) is 4.42 Å². The molecule has 0 unspecified atom stereocenters. The number of aromatic hydroxyl groups is 3. The lowest BCUT2D eigenvalue weighted by Gasteiger charge is -2.08. The van der Waals surface area contributed by atoms with E-state index in [1.54, 1.807) is 18.2 Å². The Morgan fingerprint density at radius 2 is 1.77 bits per heavy atom. The van der Waals surface area contributed by atoms with Crippen molar-refractivity contribution in [3.8, 4) is 28.6 Å². The lowest BCUT2D eigenvalue weighted by Crippen LogP contribution is -2.01. The highest BCUT2D eigenvalue weighted by Gasteiger charge is 2.13. The van der Waals surface area contributed by atoms with Crippen LogP contribution < -0.4 is 5.43 Å². The summed E-state index contributed by atoms with van der Waals surface area (Å²) in [6.45, 7) is 3.95. The van der Waals surface area contributed by atoms with Crippen LogP contribution in [0.5, 0.6) is 17.2 Å². The number of hydrogen-bond acceptors (Lipinski definition) is 5. The van der Waals surface area contributed by atoms with Crippen molar-refractivity contribution in [2.45, 2.75) is 27.7 Å². The Bertz CT molecular complexity index is 1040. The maximum atomic E-state index is 12.3. The van der Waals surface area contributed by atoms with Gasteiger partial charge in [0.25, 0.3) is 0 Å². The predicted octanol–water partition coefficient (Wildman–Crippen LogP) is 4.72. The van der Waals surface area contributed by atoms with E-state index in [0.29, 0.717) is 23.3 Å². The number of benzene rings is 2. The largest absolute Gasteiger partial charge is 0.508 e. The van der Waals surface area contributed by atoms with Gasteiger partial charge in [-0.05, 0) is 44.0 Å². The molecule has 0 aliphatic heterocycles. The third-order valence-corrected chi connectivity index (χ3v) is 3.89. The van der Waals surface area contributed by atoms with Crippen LogP contribution >= 0.6 is 0 Å². The van der Waals surface area contributed by atoms with Gasteiger partial charge in [0.05, 0.1) is 0 Å². The van der Waals surface area contributed by atoms with Gasteiger partial charge in [0, 0.05) is 23.8 Å². The van der Waals surface area contributed by atoms with Crippen molar-refractivity contribution in [3.63, 3.8) is 0 Å². The number of hydrogen-bond donors (Lipinski definition) is 3.